The number of carbonyl (C=O) groups excluding carboxylic acids is 1. The van der Waals surface area contributed by atoms with Crippen LogP contribution in [-0.4, -0.2) is 22.6 Å². The van der Waals surface area contributed by atoms with Gasteiger partial charge in [0, 0.05) is 24.1 Å². The fourth-order valence-corrected chi connectivity index (χ4v) is 2.27. The molecular formula is C19H19N3O2. The molecule has 1 amide bonds. The molecule has 1 aromatic heterocycles. The van der Waals surface area contributed by atoms with Gasteiger partial charge in [-0.1, -0.05) is 52.7 Å². The number of rotatable bonds is 5. The van der Waals surface area contributed by atoms with E-state index in [1.54, 1.807) is 0 Å². The number of nitrogens with zero attached hydrogens (tertiary/aromatic N) is 2. The minimum absolute atomic E-state index is 0.103. The lowest BCUT2D eigenvalue weighted by atomic mass is 10.1. The van der Waals surface area contributed by atoms with Crippen LogP contribution in [0.4, 0.5) is 0 Å². The van der Waals surface area contributed by atoms with Crippen LogP contribution in [-0.2, 0) is 6.42 Å². The maximum absolute atomic E-state index is 12.0. The zero-order valence-electron chi connectivity index (χ0n) is 13.7. The zero-order valence-corrected chi connectivity index (χ0v) is 13.7. The molecule has 0 bridgehead atoms. The molecule has 0 fully saturated rings. The minimum Gasteiger partial charge on any atom is -0.352 e. The molecule has 2 aromatic carbocycles. The van der Waals surface area contributed by atoms with Crippen molar-refractivity contribution in [3.05, 3.63) is 71.1 Å². The Morgan fingerprint density at radius 2 is 1.62 bits per heavy atom. The molecule has 0 unspecified atom stereocenters. The van der Waals surface area contributed by atoms with Crippen molar-refractivity contribution < 1.29 is 9.32 Å². The standard InChI is InChI=1S/C19H19N3O2/c1-13-3-7-15(8-4-13)18-21-17(24-22-18)11-12-20-19(23)16-9-5-14(2)6-10-16/h3-10H,11-12H2,1-2H3,(H,20,23). The van der Waals surface area contributed by atoms with E-state index in [0.717, 1.165) is 11.1 Å². The summed E-state index contributed by atoms with van der Waals surface area (Å²) >= 11 is 0. The second-order valence-electron chi connectivity index (χ2n) is 5.75. The summed E-state index contributed by atoms with van der Waals surface area (Å²) in [5.74, 6) is 0.970. The fourth-order valence-electron chi connectivity index (χ4n) is 2.27. The topological polar surface area (TPSA) is 68.0 Å². The molecule has 0 saturated heterocycles. The first-order chi connectivity index (χ1) is 11.6. The Bertz CT molecular complexity index is 821. The second kappa shape index (κ2) is 7.08. The second-order valence-corrected chi connectivity index (χ2v) is 5.75. The van der Waals surface area contributed by atoms with E-state index in [1.807, 2.05) is 62.4 Å². The number of hydrogen-bond acceptors (Lipinski definition) is 4. The lowest BCUT2D eigenvalue weighted by Gasteiger charge is -2.03. The monoisotopic (exact) mass is 321 g/mol. The van der Waals surface area contributed by atoms with Crippen LogP contribution in [0.3, 0.4) is 0 Å². The molecule has 1 heterocycles. The van der Waals surface area contributed by atoms with E-state index in [2.05, 4.69) is 15.5 Å². The van der Waals surface area contributed by atoms with Gasteiger partial charge in [-0.2, -0.15) is 4.98 Å². The molecule has 0 radical (unpaired) electrons. The van der Waals surface area contributed by atoms with Crippen molar-refractivity contribution in [3.63, 3.8) is 0 Å². The maximum atomic E-state index is 12.0. The zero-order chi connectivity index (χ0) is 16.9. The van der Waals surface area contributed by atoms with E-state index < -0.39 is 0 Å². The lowest BCUT2D eigenvalue weighted by Crippen LogP contribution is -2.25. The van der Waals surface area contributed by atoms with Crippen LogP contribution in [0.15, 0.2) is 53.1 Å². The van der Waals surface area contributed by atoms with E-state index in [4.69, 9.17) is 4.52 Å². The molecule has 0 atom stereocenters. The Kier molecular flexibility index (Phi) is 4.70. The molecule has 0 spiro atoms. The van der Waals surface area contributed by atoms with Crippen molar-refractivity contribution in [3.8, 4) is 11.4 Å². The Balaban J connectivity index is 1.55. The van der Waals surface area contributed by atoms with Crippen LogP contribution >= 0.6 is 0 Å². The van der Waals surface area contributed by atoms with Crippen LogP contribution in [0.25, 0.3) is 11.4 Å². The Morgan fingerprint density at radius 3 is 2.29 bits per heavy atom. The number of carbonyl (C=O) groups is 1. The third-order valence-electron chi connectivity index (χ3n) is 3.72. The molecule has 5 nitrogen and oxygen atoms in total. The number of amides is 1. The van der Waals surface area contributed by atoms with Gasteiger partial charge in [0.25, 0.3) is 5.91 Å². The predicted molar refractivity (Wildman–Crippen MR) is 91.7 cm³/mol. The van der Waals surface area contributed by atoms with Gasteiger partial charge >= 0.3 is 0 Å². The normalized spacial score (nSPS) is 10.6. The summed E-state index contributed by atoms with van der Waals surface area (Å²) in [6.07, 6.45) is 0.496. The first kappa shape index (κ1) is 15.9. The molecule has 122 valence electrons. The van der Waals surface area contributed by atoms with E-state index in [-0.39, 0.29) is 5.91 Å². The fraction of sp³-hybridized carbons (Fsp3) is 0.211. The summed E-state index contributed by atoms with van der Waals surface area (Å²) in [5, 5.41) is 6.84. The number of aryl methyl sites for hydroxylation is 2. The smallest absolute Gasteiger partial charge is 0.251 e. The van der Waals surface area contributed by atoms with Crippen LogP contribution < -0.4 is 5.32 Å². The van der Waals surface area contributed by atoms with Gasteiger partial charge in [-0.15, -0.1) is 0 Å². The first-order valence-electron chi connectivity index (χ1n) is 7.86. The summed E-state index contributed by atoms with van der Waals surface area (Å²) < 4.78 is 5.24. The Labute approximate surface area is 140 Å². The molecule has 0 saturated carbocycles. The molecule has 3 rings (SSSR count). The first-order valence-corrected chi connectivity index (χ1v) is 7.86. The third-order valence-corrected chi connectivity index (χ3v) is 3.72. The molecule has 1 N–H and O–H groups in total. The van der Waals surface area contributed by atoms with Crippen LogP contribution in [0, 0.1) is 13.8 Å². The van der Waals surface area contributed by atoms with E-state index in [9.17, 15) is 4.79 Å². The van der Waals surface area contributed by atoms with Crippen molar-refractivity contribution in [2.45, 2.75) is 20.3 Å². The molecule has 24 heavy (non-hydrogen) atoms. The minimum atomic E-state index is -0.103. The highest BCUT2D eigenvalue weighted by Crippen LogP contribution is 2.16. The predicted octanol–water partition coefficient (Wildman–Crippen LogP) is 3.33. The molecule has 0 aliphatic heterocycles. The van der Waals surface area contributed by atoms with Gasteiger partial charge < -0.3 is 9.84 Å². The molecular weight excluding hydrogens is 302 g/mol. The van der Waals surface area contributed by atoms with Gasteiger partial charge in [0.2, 0.25) is 11.7 Å². The highest BCUT2D eigenvalue weighted by Gasteiger charge is 2.09. The Morgan fingerprint density at radius 1 is 1.00 bits per heavy atom. The highest BCUT2D eigenvalue weighted by atomic mass is 16.5. The summed E-state index contributed by atoms with van der Waals surface area (Å²) in [6.45, 7) is 4.47. The molecule has 3 aromatic rings. The third kappa shape index (κ3) is 3.87. The Hall–Kier alpha value is -2.95. The van der Waals surface area contributed by atoms with Crippen LogP contribution in [0.5, 0.6) is 0 Å². The van der Waals surface area contributed by atoms with E-state index in [0.29, 0.717) is 30.2 Å². The molecule has 5 heteroatoms. The van der Waals surface area contributed by atoms with Gasteiger partial charge in [-0.3, -0.25) is 4.79 Å². The largest absolute Gasteiger partial charge is 0.352 e. The highest BCUT2D eigenvalue weighted by molar-refractivity contribution is 5.94. The molecule has 0 aliphatic carbocycles. The van der Waals surface area contributed by atoms with Gasteiger partial charge in [0.15, 0.2) is 0 Å². The summed E-state index contributed by atoms with van der Waals surface area (Å²) in [6, 6.07) is 15.4. The SMILES string of the molecule is Cc1ccc(C(=O)NCCc2nc(-c3ccc(C)cc3)no2)cc1. The van der Waals surface area contributed by atoms with Crippen molar-refractivity contribution in [1.29, 1.82) is 0 Å². The quantitative estimate of drug-likeness (QED) is 0.782. The maximum Gasteiger partial charge on any atom is 0.251 e. The van der Waals surface area contributed by atoms with Gasteiger partial charge in [-0.25, -0.2) is 0 Å². The van der Waals surface area contributed by atoms with Crippen molar-refractivity contribution >= 4 is 5.91 Å². The number of aromatic nitrogens is 2. The van der Waals surface area contributed by atoms with Crippen molar-refractivity contribution in [1.82, 2.24) is 15.5 Å². The van der Waals surface area contributed by atoms with Crippen molar-refractivity contribution in [2.24, 2.45) is 0 Å². The lowest BCUT2D eigenvalue weighted by molar-refractivity contribution is 0.0953. The van der Waals surface area contributed by atoms with Crippen LogP contribution in [0.1, 0.15) is 27.4 Å². The van der Waals surface area contributed by atoms with Gasteiger partial charge in [-0.05, 0) is 26.0 Å². The van der Waals surface area contributed by atoms with Crippen molar-refractivity contribution in [2.75, 3.05) is 6.54 Å². The summed E-state index contributed by atoms with van der Waals surface area (Å²) in [4.78, 5) is 16.4. The average molecular weight is 321 g/mol. The number of nitrogens with one attached hydrogen (secondary N) is 1. The van der Waals surface area contributed by atoms with Crippen LogP contribution in [0.2, 0.25) is 0 Å². The average Bonchev–Trinajstić information content (AvgIpc) is 3.05. The van der Waals surface area contributed by atoms with E-state index >= 15 is 0 Å². The molecule has 0 aliphatic rings. The summed E-state index contributed by atoms with van der Waals surface area (Å²) in [7, 11) is 0. The number of hydrogen-bond donors (Lipinski definition) is 1. The van der Waals surface area contributed by atoms with Gasteiger partial charge in [0.05, 0.1) is 0 Å². The number of benzene rings is 2. The summed E-state index contributed by atoms with van der Waals surface area (Å²) in [5.41, 5.74) is 3.87. The van der Waals surface area contributed by atoms with Gasteiger partial charge in [0.1, 0.15) is 0 Å². The van der Waals surface area contributed by atoms with E-state index in [1.165, 1.54) is 5.56 Å².